The van der Waals surface area contributed by atoms with Crippen LogP contribution in [0.2, 0.25) is 0 Å². The highest BCUT2D eigenvalue weighted by Gasteiger charge is 2.31. The van der Waals surface area contributed by atoms with Gasteiger partial charge in [-0.15, -0.1) is 0 Å². The van der Waals surface area contributed by atoms with Gasteiger partial charge in [-0.3, -0.25) is 0 Å². The van der Waals surface area contributed by atoms with Crippen LogP contribution in [0, 0.1) is 17.8 Å². The van der Waals surface area contributed by atoms with E-state index >= 15 is 0 Å². The third-order valence-electron chi connectivity index (χ3n) is 3.59. The van der Waals surface area contributed by atoms with Crippen molar-refractivity contribution < 1.29 is 0 Å². The van der Waals surface area contributed by atoms with E-state index < -0.39 is 0 Å². The van der Waals surface area contributed by atoms with Crippen molar-refractivity contribution in [3.8, 4) is 0 Å². The van der Waals surface area contributed by atoms with Crippen LogP contribution in [0.3, 0.4) is 0 Å². The van der Waals surface area contributed by atoms with Crippen LogP contribution in [0.5, 0.6) is 0 Å². The van der Waals surface area contributed by atoms with Gasteiger partial charge in [-0.05, 0) is 37.0 Å². The first-order valence-corrected chi connectivity index (χ1v) is 6.72. The molecule has 0 spiro atoms. The molecule has 0 radical (unpaired) electrons. The molecule has 1 heteroatoms. The highest BCUT2D eigenvalue weighted by atomic mass is 79.9. The van der Waals surface area contributed by atoms with Gasteiger partial charge in [-0.1, -0.05) is 49.5 Å². The Labute approximate surface area is 91.6 Å². The second kappa shape index (κ2) is 5.38. The fourth-order valence-electron chi connectivity index (χ4n) is 2.77. The normalized spacial score (nSPS) is 32.1. The Bertz CT molecular complexity index is 142. The summed E-state index contributed by atoms with van der Waals surface area (Å²) < 4.78 is 0. The van der Waals surface area contributed by atoms with Gasteiger partial charge in [-0.25, -0.2) is 0 Å². The van der Waals surface area contributed by atoms with E-state index in [1.807, 2.05) is 0 Å². The standard InChI is InChI=1S/C12H23Br/c1-4-12(13)11-8-6-5-7-10(11)9(2)3/h9-12H,4-8H2,1-3H3. The van der Waals surface area contributed by atoms with Crippen LogP contribution in [0.1, 0.15) is 52.9 Å². The molecule has 1 aliphatic carbocycles. The zero-order chi connectivity index (χ0) is 9.84. The minimum atomic E-state index is 0.764. The summed E-state index contributed by atoms with van der Waals surface area (Å²) in [6, 6.07) is 0. The van der Waals surface area contributed by atoms with Crippen LogP contribution in [-0.2, 0) is 0 Å². The molecule has 13 heavy (non-hydrogen) atoms. The lowest BCUT2D eigenvalue weighted by Gasteiger charge is -2.37. The van der Waals surface area contributed by atoms with Crippen molar-refractivity contribution in [3.63, 3.8) is 0 Å². The first kappa shape index (κ1) is 11.6. The van der Waals surface area contributed by atoms with Gasteiger partial charge in [-0.2, -0.15) is 0 Å². The quantitative estimate of drug-likeness (QED) is 0.638. The summed E-state index contributed by atoms with van der Waals surface area (Å²) in [5.74, 6) is 2.79. The number of alkyl halides is 1. The molecule has 0 N–H and O–H groups in total. The van der Waals surface area contributed by atoms with E-state index in [0.29, 0.717) is 0 Å². The van der Waals surface area contributed by atoms with Gasteiger partial charge in [0.1, 0.15) is 0 Å². The summed E-state index contributed by atoms with van der Waals surface area (Å²) in [5.41, 5.74) is 0. The fraction of sp³-hybridized carbons (Fsp3) is 1.00. The number of rotatable bonds is 3. The van der Waals surface area contributed by atoms with E-state index in [1.54, 1.807) is 0 Å². The molecule has 1 fully saturated rings. The third kappa shape index (κ3) is 2.97. The summed E-state index contributed by atoms with van der Waals surface area (Å²) in [5, 5.41) is 0. The van der Waals surface area contributed by atoms with Crippen LogP contribution in [0.15, 0.2) is 0 Å². The van der Waals surface area contributed by atoms with Gasteiger partial charge in [0.05, 0.1) is 0 Å². The molecule has 0 heterocycles. The number of hydrogen-bond donors (Lipinski definition) is 0. The Kier molecular flexibility index (Phi) is 4.78. The molecule has 0 aromatic carbocycles. The molecule has 1 rings (SSSR count). The SMILES string of the molecule is CCC(Br)C1CCCCC1C(C)C. The van der Waals surface area contributed by atoms with Crippen molar-refractivity contribution in [1.29, 1.82) is 0 Å². The van der Waals surface area contributed by atoms with E-state index in [-0.39, 0.29) is 0 Å². The summed E-state index contributed by atoms with van der Waals surface area (Å²) >= 11 is 3.85. The maximum atomic E-state index is 3.85. The van der Waals surface area contributed by atoms with Gasteiger partial charge in [0.2, 0.25) is 0 Å². The van der Waals surface area contributed by atoms with Crippen LogP contribution in [-0.4, -0.2) is 4.83 Å². The Hall–Kier alpha value is 0.480. The summed E-state index contributed by atoms with van der Waals surface area (Å²) in [6.07, 6.45) is 7.11. The summed E-state index contributed by atoms with van der Waals surface area (Å²) in [6.45, 7) is 7.07. The molecular formula is C12H23Br. The molecule has 0 aliphatic heterocycles. The van der Waals surface area contributed by atoms with Crippen molar-refractivity contribution in [2.45, 2.75) is 57.7 Å². The molecule has 78 valence electrons. The Morgan fingerprint density at radius 2 is 1.69 bits per heavy atom. The summed E-state index contributed by atoms with van der Waals surface area (Å²) in [4.78, 5) is 0.764. The Balaban J connectivity index is 2.56. The van der Waals surface area contributed by atoms with Crippen molar-refractivity contribution in [2.75, 3.05) is 0 Å². The van der Waals surface area contributed by atoms with Crippen molar-refractivity contribution in [1.82, 2.24) is 0 Å². The van der Waals surface area contributed by atoms with Gasteiger partial charge >= 0.3 is 0 Å². The number of halogens is 1. The maximum absolute atomic E-state index is 3.85. The highest BCUT2D eigenvalue weighted by molar-refractivity contribution is 9.09. The lowest BCUT2D eigenvalue weighted by Crippen LogP contribution is -2.30. The molecule has 0 nitrogen and oxygen atoms in total. The second-order valence-corrected chi connectivity index (χ2v) is 5.96. The van der Waals surface area contributed by atoms with Crippen LogP contribution < -0.4 is 0 Å². The fourth-order valence-corrected chi connectivity index (χ4v) is 3.42. The van der Waals surface area contributed by atoms with Gasteiger partial charge < -0.3 is 0 Å². The third-order valence-corrected chi connectivity index (χ3v) is 4.91. The topological polar surface area (TPSA) is 0 Å². The zero-order valence-corrected chi connectivity index (χ0v) is 10.8. The molecular weight excluding hydrogens is 224 g/mol. The van der Waals surface area contributed by atoms with E-state index in [0.717, 1.165) is 22.6 Å². The molecule has 1 saturated carbocycles. The largest absolute Gasteiger partial charge is 0.0888 e. The first-order chi connectivity index (χ1) is 6.16. The average molecular weight is 247 g/mol. The lowest BCUT2D eigenvalue weighted by molar-refractivity contribution is 0.176. The minimum absolute atomic E-state index is 0.764. The van der Waals surface area contributed by atoms with Crippen molar-refractivity contribution in [3.05, 3.63) is 0 Å². The highest BCUT2D eigenvalue weighted by Crippen LogP contribution is 2.40. The molecule has 0 saturated heterocycles. The van der Waals surface area contributed by atoms with E-state index in [2.05, 4.69) is 36.7 Å². The van der Waals surface area contributed by atoms with Crippen LogP contribution in [0.4, 0.5) is 0 Å². The van der Waals surface area contributed by atoms with E-state index in [9.17, 15) is 0 Å². The molecule has 0 aromatic heterocycles. The first-order valence-electron chi connectivity index (χ1n) is 5.80. The second-order valence-electron chi connectivity index (χ2n) is 4.78. The van der Waals surface area contributed by atoms with Crippen LogP contribution >= 0.6 is 15.9 Å². The molecule has 0 aromatic rings. The predicted octanol–water partition coefficient (Wildman–Crippen LogP) is 4.62. The van der Waals surface area contributed by atoms with Gasteiger partial charge in [0, 0.05) is 4.83 Å². The lowest BCUT2D eigenvalue weighted by atomic mass is 9.72. The molecule has 0 bridgehead atoms. The molecule has 3 unspecified atom stereocenters. The summed E-state index contributed by atoms with van der Waals surface area (Å²) in [7, 11) is 0. The Morgan fingerprint density at radius 1 is 1.15 bits per heavy atom. The maximum Gasteiger partial charge on any atom is 0.0174 e. The smallest absolute Gasteiger partial charge is 0.0174 e. The average Bonchev–Trinajstić information content (AvgIpc) is 2.16. The predicted molar refractivity (Wildman–Crippen MR) is 63.3 cm³/mol. The molecule has 1 aliphatic rings. The van der Waals surface area contributed by atoms with Crippen molar-refractivity contribution in [2.24, 2.45) is 17.8 Å². The zero-order valence-electron chi connectivity index (χ0n) is 9.22. The Morgan fingerprint density at radius 3 is 2.15 bits per heavy atom. The number of hydrogen-bond acceptors (Lipinski definition) is 0. The molecule has 0 amide bonds. The molecule has 3 atom stereocenters. The van der Waals surface area contributed by atoms with Crippen LogP contribution in [0.25, 0.3) is 0 Å². The van der Waals surface area contributed by atoms with E-state index in [1.165, 1.54) is 32.1 Å². The monoisotopic (exact) mass is 246 g/mol. The van der Waals surface area contributed by atoms with Gasteiger partial charge in [0.15, 0.2) is 0 Å². The van der Waals surface area contributed by atoms with E-state index in [4.69, 9.17) is 0 Å². The minimum Gasteiger partial charge on any atom is -0.0888 e. The van der Waals surface area contributed by atoms with Gasteiger partial charge in [0.25, 0.3) is 0 Å². The van der Waals surface area contributed by atoms with Crippen molar-refractivity contribution >= 4 is 15.9 Å².